The Kier molecular flexibility index (Phi) is 4.97. The zero-order chi connectivity index (χ0) is 22.2. The van der Waals surface area contributed by atoms with Gasteiger partial charge in [-0.3, -0.25) is 10.00 Å². The van der Waals surface area contributed by atoms with E-state index in [-0.39, 0.29) is 17.6 Å². The Hall–Kier alpha value is -3.04. The normalized spacial score (nSPS) is 18.9. The number of hydrogen-bond acceptors (Lipinski definition) is 5. The third kappa shape index (κ3) is 4.38. The van der Waals surface area contributed by atoms with E-state index in [1.165, 1.54) is 4.68 Å². The van der Waals surface area contributed by atoms with Crippen molar-refractivity contribution in [2.24, 2.45) is 4.99 Å². The lowest BCUT2D eigenvalue weighted by atomic mass is 10.1. The van der Waals surface area contributed by atoms with Crippen LogP contribution in [0.3, 0.4) is 0 Å². The standard InChI is InChI=1S/C22H24F2N6O/c1-15-6-18(11-19(7-15)28-2-4-29(5-3-28)21-12-31-13-21)26-22-25-14-30(27-22)20-9-16(23)8-17(24)10-20/h6-11,14,21H,2-5,12-13H2,1H3,(H,26,27)/i14D. The number of hydrogen-bond donors (Lipinski definition) is 1. The van der Waals surface area contributed by atoms with Crippen LogP contribution >= 0.6 is 0 Å². The van der Waals surface area contributed by atoms with Crippen molar-refractivity contribution in [2.45, 2.75) is 13.0 Å². The number of rotatable bonds is 4. The highest BCUT2D eigenvalue weighted by molar-refractivity contribution is 5.58. The van der Waals surface area contributed by atoms with Crippen LogP contribution < -0.4 is 10.5 Å². The molecule has 2 aromatic carbocycles. The maximum atomic E-state index is 13.6. The van der Waals surface area contributed by atoms with E-state index in [2.05, 4.69) is 30.9 Å². The van der Waals surface area contributed by atoms with Gasteiger partial charge in [-0.1, -0.05) is 0 Å². The van der Waals surface area contributed by atoms with Crippen molar-refractivity contribution in [1.29, 1.82) is 0 Å². The summed E-state index contributed by atoms with van der Waals surface area (Å²) in [6.45, 7) is 7.54. The minimum absolute atomic E-state index is 0.140. The molecule has 31 heavy (non-hydrogen) atoms. The van der Waals surface area contributed by atoms with Crippen LogP contribution in [0.1, 0.15) is 6.93 Å². The van der Waals surface area contributed by atoms with Crippen molar-refractivity contribution in [3.05, 3.63) is 65.5 Å². The topological polar surface area (TPSA) is 61.7 Å². The van der Waals surface area contributed by atoms with Gasteiger partial charge in [0.2, 0.25) is 5.62 Å². The number of aromatic nitrogens is 3. The second kappa shape index (κ2) is 8.24. The van der Waals surface area contributed by atoms with Crippen molar-refractivity contribution in [1.82, 2.24) is 19.7 Å². The zero-order valence-electron chi connectivity index (χ0n) is 18.2. The maximum absolute atomic E-state index is 13.6. The molecule has 5 rings (SSSR count). The first-order chi connectivity index (χ1) is 15.4. The third-order valence-corrected chi connectivity index (χ3v) is 5.67. The molecule has 1 N–H and O–H groups in total. The molecule has 0 unspecified atom stereocenters. The molecule has 9 heteroatoms. The third-order valence-electron chi connectivity index (χ3n) is 5.67. The molecule has 0 radical (unpaired) electrons. The fourth-order valence-corrected chi connectivity index (χ4v) is 3.98. The van der Waals surface area contributed by atoms with Gasteiger partial charge in [0, 0.05) is 37.9 Å². The van der Waals surface area contributed by atoms with Crippen LogP contribution in [0.4, 0.5) is 20.2 Å². The van der Waals surface area contributed by atoms with E-state index in [0.717, 1.165) is 68.8 Å². The lowest BCUT2D eigenvalue weighted by Crippen LogP contribution is -2.56. The molecular weight excluding hydrogens is 402 g/mol. The summed E-state index contributed by atoms with van der Waals surface area (Å²) in [7, 11) is 0. The summed E-state index contributed by atoms with van der Waals surface area (Å²) in [6.07, 6.45) is -0.197. The fraction of sp³-hybridized carbons (Fsp3) is 0.364. The maximum Gasteiger partial charge on any atom is 0.244 e. The lowest BCUT2D eigenvalue weighted by Gasteiger charge is -2.43. The van der Waals surface area contributed by atoms with Crippen molar-refractivity contribution in [3.8, 4) is 5.69 Å². The Morgan fingerprint density at radius 3 is 2.45 bits per heavy atom. The summed E-state index contributed by atoms with van der Waals surface area (Å²) < 4.78 is 41.7. The highest BCUT2D eigenvalue weighted by Gasteiger charge is 2.28. The Morgan fingerprint density at radius 2 is 1.77 bits per heavy atom. The Morgan fingerprint density at radius 1 is 1.03 bits per heavy atom. The van der Waals surface area contributed by atoms with Gasteiger partial charge in [0.25, 0.3) is 0 Å². The van der Waals surface area contributed by atoms with Crippen molar-refractivity contribution >= 4 is 11.4 Å². The molecular formula is C22H24F2N6O. The molecule has 0 bridgehead atoms. The number of nitrogens with one attached hydrogen (secondary N) is 1. The molecule has 2 saturated heterocycles. The minimum Gasteiger partial charge on any atom is -0.378 e. The van der Waals surface area contributed by atoms with Crippen molar-refractivity contribution in [2.75, 3.05) is 44.3 Å². The molecule has 2 aliphatic rings. The molecule has 3 heterocycles. The molecule has 2 aliphatic heterocycles. The van der Waals surface area contributed by atoms with E-state index >= 15 is 0 Å². The van der Waals surface area contributed by atoms with Crippen LogP contribution in [0.25, 0.3) is 5.69 Å². The Balaban J connectivity index is 1.39. The summed E-state index contributed by atoms with van der Waals surface area (Å²) >= 11 is 0. The number of aromatic amines is 1. The molecule has 2 fully saturated rings. The Labute approximate surface area is 180 Å². The smallest absolute Gasteiger partial charge is 0.244 e. The van der Waals surface area contributed by atoms with E-state index in [0.29, 0.717) is 11.7 Å². The molecule has 7 nitrogen and oxygen atoms in total. The van der Waals surface area contributed by atoms with E-state index < -0.39 is 11.6 Å². The van der Waals surface area contributed by atoms with E-state index in [1.54, 1.807) is 0 Å². The van der Waals surface area contributed by atoms with Gasteiger partial charge in [0.05, 0.1) is 30.6 Å². The van der Waals surface area contributed by atoms with E-state index in [1.807, 2.05) is 19.1 Å². The number of nitrogens with zero attached hydrogens (tertiary/aromatic N) is 5. The molecule has 0 atom stereocenters. The first-order valence-electron chi connectivity index (χ1n) is 10.8. The molecule has 0 amide bonds. The molecule has 3 aromatic rings. The quantitative estimate of drug-likeness (QED) is 0.695. The molecule has 1 aromatic heterocycles. The van der Waals surface area contributed by atoms with Crippen LogP contribution in [0.15, 0.2) is 47.7 Å². The number of H-pyrrole nitrogens is 1. The average molecular weight is 427 g/mol. The van der Waals surface area contributed by atoms with Gasteiger partial charge in [0.1, 0.15) is 19.3 Å². The molecule has 0 aliphatic carbocycles. The van der Waals surface area contributed by atoms with Crippen LogP contribution in [0, 0.1) is 18.6 Å². The molecule has 0 saturated carbocycles. The van der Waals surface area contributed by atoms with Crippen molar-refractivity contribution < 1.29 is 14.9 Å². The first kappa shape index (κ1) is 18.7. The van der Waals surface area contributed by atoms with Gasteiger partial charge in [-0.25, -0.2) is 23.4 Å². The number of piperazine rings is 1. The van der Waals surface area contributed by atoms with Gasteiger partial charge >= 0.3 is 0 Å². The van der Waals surface area contributed by atoms with Crippen LogP contribution in [0.2, 0.25) is 0 Å². The van der Waals surface area contributed by atoms with Gasteiger partial charge in [0.15, 0.2) is 0 Å². The minimum atomic E-state index is -0.728. The number of benzene rings is 2. The first-order valence-corrected chi connectivity index (χ1v) is 10.3. The summed E-state index contributed by atoms with van der Waals surface area (Å²) in [6, 6.07) is 9.65. The number of ether oxygens (including phenoxy) is 1. The highest BCUT2D eigenvalue weighted by atomic mass is 19.1. The molecule has 162 valence electrons. The van der Waals surface area contributed by atoms with Crippen LogP contribution in [-0.4, -0.2) is 65.1 Å². The lowest BCUT2D eigenvalue weighted by molar-refractivity contribution is -0.0660. The largest absolute Gasteiger partial charge is 0.378 e. The summed E-state index contributed by atoms with van der Waals surface area (Å²) in [5.41, 5.74) is 3.17. The molecule has 0 spiro atoms. The predicted octanol–water partition coefficient (Wildman–Crippen LogP) is 2.54. The van der Waals surface area contributed by atoms with Crippen molar-refractivity contribution in [3.63, 3.8) is 0 Å². The SMILES string of the molecule is [2H]c1nc(=Nc2cc(C)cc(N3CCN(C4COC4)CC3)c2)[nH]n1-c1cc(F)cc(F)c1. The predicted molar refractivity (Wildman–Crippen MR) is 113 cm³/mol. The van der Waals surface area contributed by atoms with Gasteiger partial charge < -0.3 is 9.64 Å². The van der Waals surface area contributed by atoms with Gasteiger partial charge in [-0.2, -0.15) is 0 Å². The van der Waals surface area contributed by atoms with Gasteiger partial charge in [-0.15, -0.1) is 0 Å². The van der Waals surface area contributed by atoms with E-state index in [4.69, 9.17) is 6.11 Å². The summed E-state index contributed by atoms with van der Waals surface area (Å²) in [5, 5.41) is 2.84. The van der Waals surface area contributed by atoms with Crippen LogP contribution in [-0.2, 0) is 4.74 Å². The van der Waals surface area contributed by atoms with E-state index in [9.17, 15) is 8.78 Å². The number of aryl methyl sites for hydroxylation is 1. The Bertz CT molecular complexity index is 1180. The van der Waals surface area contributed by atoms with Gasteiger partial charge in [-0.05, 0) is 42.8 Å². The zero-order valence-corrected chi connectivity index (χ0v) is 17.2. The summed E-state index contributed by atoms with van der Waals surface area (Å²) in [5.74, 6) is -1.46. The number of anilines is 1. The average Bonchev–Trinajstić information content (AvgIpc) is 3.06. The number of halogens is 2. The second-order valence-electron chi connectivity index (χ2n) is 7.96. The highest BCUT2D eigenvalue weighted by Crippen LogP contribution is 2.25. The fourth-order valence-electron chi connectivity index (χ4n) is 3.98. The summed E-state index contributed by atoms with van der Waals surface area (Å²) in [4.78, 5) is 13.4. The van der Waals surface area contributed by atoms with Crippen LogP contribution in [0.5, 0.6) is 0 Å². The second-order valence-corrected chi connectivity index (χ2v) is 7.96. The monoisotopic (exact) mass is 427 g/mol.